The molecule has 0 spiro atoms. The van der Waals surface area contributed by atoms with Crippen LogP contribution in [0.5, 0.6) is 0 Å². The van der Waals surface area contributed by atoms with E-state index in [0.29, 0.717) is 0 Å². The second kappa shape index (κ2) is 14.8. The van der Waals surface area contributed by atoms with Crippen LogP contribution in [0.3, 0.4) is 0 Å². The monoisotopic (exact) mass is 788 g/mol. The lowest BCUT2D eigenvalue weighted by Gasteiger charge is -2.30. The van der Waals surface area contributed by atoms with Gasteiger partial charge in [0, 0.05) is 33.3 Å². The number of aromatic nitrogens is 1. The summed E-state index contributed by atoms with van der Waals surface area (Å²) in [5.41, 5.74) is 13.7. The van der Waals surface area contributed by atoms with Gasteiger partial charge in [-0.15, -0.1) is 0 Å². The van der Waals surface area contributed by atoms with Crippen molar-refractivity contribution in [3.63, 3.8) is 0 Å². The molecule has 0 bridgehead atoms. The van der Waals surface area contributed by atoms with Crippen LogP contribution in [0.25, 0.3) is 93.2 Å². The molecule has 11 aromatic carbocycles. The largest absolute Gasteiger partial charge is 0.310 e. The summed E-state index contributed by atoms with van der Waals surface area (Å²) in [6.07, 6.45) is 0. The van der Waals surface area contributed by atoms with Gasteiger partial charge in [-0.05, 0) is 103 Å². The molecule has 1 heterocycles. The van der Waals surface area contributed by atoms with E-state index in [1.807, 2.05) is 0 Å². The Bertz CT molecular complexity index is 3540. The average molecular weight is 789 g/mol. The molecule has 0 aliphatic carbocycles. The molecule has 0 saturated carbocycles. The lowest BCUT2D eigenvalue weighted by Crippen LogP contribution is -2.12. The zero-order valence-electron chi connectivity index (χ0n) is 34.0. The maximum Gasteiger partial charge on any atom is 0.0561 e. The molecule has 0 N–H and O–H groups in total. The quantitative estimate of drug-likeness (QED) is 0.146. The Morgan fingerprint density at radius 1 is 0.258 bits per heavy atom. The fourth-order valence-corrected chi connectivity index (χ4v) is 9.74. The molecule has 12 aromatic rings. The van der Waals surface area contributed by atoms with Crippen LogP contribution in [0, 0.1) is 0 Å². The van der Waals surface area contributed by atoms with Crippen LogP contribution < -0.4 is 4.90 Å². The van der Waals surface area contributed by atoms with E-state index in [9.17, 15) is 0 Å². The van der Waals surface area contributed by atoms with E-state index in [1.165, 1.54) is 76.4 Å². The summed E-state index contributed by atoms with van der Waals surface area (Å²) in [7, 11) is 0. The van der Waals surface area contributed by atoms with Crippen LogP contribution >= 0.6 is 0 Å². The SMILES string of the molecule is c1ccc(-c2ccc(N(c3ccc(-c4ccccc4)c(-n4c5ccccc5c5ccccc54)c3)c3ccc4c5ccccc5c5ccccc5c4c3)c(-c3ccccc3)c2)cc1. The van der Waals surface area contributed by atoms with Crippen molar-refractivity contribution in [2.45, 2.75) is 0 Å². The van der Waals surface area contributed by atoms with Crippen molar-refractivity contribution < 1.29 is 0 Å². The highest BCUT2D eigenvalue weighted by Gasteiger charge is 2.23. The standard InChI is InChI=1S/C60H40N2/c1-4-18-41(19-5-1)44-32-37-59(55(38-44)43-22-8-3-9-23-43)61(45-34-36-52-50-26-11-10-24-48(50)49-25-12-13-27-51(49)56(52)39-45)46-33-35-47(42-20-6-2-7-21-42)60(40-46)62-57-30-16-14-28-53(57)54-29-15-17-31-58(54)62/h1-40H. The van der Waals surface area contributed by atoms with Crippen molar-refractivity contribution in [1.29, 1.82) is 0 Å². The lowest BCUT2D eigenvalue weighted by molar-refractivity contribution is 1.17. The van der Waals surface area contributed by atoms with Gasteiger partial charge in [0.1, 0.15) is 0 Å². The molecule has 0 atom stereocenters. The van der Waals surface area contributed by atoms with Crippen LogP contribution in [0.2, 0.25) is 0 Å². The van der Waals surface area contributed by atoms with Crippen molar-refractivity contribution in [2.75, 3.05) is 4.90 Å². The molecule has 0 radical (unpaired) electrons. The van der Waals surface area contributed by atoms with Gasteiger partial charge >= 0.3 is 0 Å². The van der Waals surface area contributed by atoms with E-state index in [2.05, 4.69) is 252 Å². The topological polar surface area (TPSA) is 8.17 Å². The minimum Gasteiger partial charge on any atom is -0.310 e. The molecule has 0 aliphatic rings. The Morgan fingerprint density at radius 3 is 1.27 bits per heavy atom. The van der Waals surface area contributed by atoms with Gasteiger partial charge in [0.2, 0.25) is 0 Å². The van der Waals surface area contributed by atoms with Crippen molar-refractivity contribution in [3.8, 4) is 39.1 Å². The van der Waals surface area contributed by atoms with Crippen molar-refractivity contribution in [3.05, 3.63) is 243 Å². The molecule has 290 valence electrons. The minimum absolute atomic E-state index is 1.07. The molecule has 12 rings (SSSR count). The number of benzene rings is 11. The Morgan fingerprint density at radius 2 is 0.694 bits per heavy atom. The van der Waals surface area contributed by atoms with Gasteiger partial charge in [-0.1, -0.05) is 194 Å². The summed E-state index contributed by atoms with van der Waals surface area (Å²) in [6, 6.07) is 88.7. The minimum atomic E-state index is 1.07. The summed E-state index contributed by atoms with van der Waals surface area (Å²) >= 11 is 0. The van der Waals surface area contributed by atoms with Gasteiger partial charge in [-0.3, -0.25) is 0 Å². The van der Waals surface area contributed by atoms with E-state index in [-0.39, 0.29) is 0 Å². The van der Waals surface area contributed by atoms with Crippen LogP contribution in [-0.4, -0.2) is 4.57 Å². The summed E-state index contributed by atoms with van der Waals surface area (Å²) in [4.78, 5) is 2.48. The zero-order valence-corrected chi connectivity index (χ0v) is 34.0. The fraction of sp³-hybridized carbons (Fsp3) is 0. The van der Waals surface area contributed by atoms with Gasteiger partial charge in [-0.2, -0.15) is 0 Å². The lowest BCUT2D eigenvalue weighted by atomic mass is 9.93. The Hall–Kier alpha value is -8.20. The summed E-state index contributed by atoms with van der Waals surface area (Å²) in [5, 5.41) is 9.99. The maximum absolute atomic E-state index is 2.48. The van der Waals surface area contributed by atoms with Gasteiger partial charge < -0.3 is 9.47 Å². The summed E-state index contributed by atoms with van der Waals surface area (Å²) in [5.74, 6) is 0. The Balaban J connectivity index is 1.18. The molecular weight excluding hydrogens is 749 g/mol. The first-order chi connectivity index (χ1) is 30.8. The van der Waals surface area contributed by atoms with Crippen LogP contribution in [0.15, 0.2) is 243 Å². The average Bonchev–Trinajstić information content (AvgIpc) is 3.69. The smallest absolute Gasteiger partial charge is 0.0561 e. The first-order valence-corrected chi connectivity index (χ1v) is 21.3. The normalized spacial score (nSPS) is 11.5. The van der Waals surface area contributed by atoms with Crippen LogP contribution in [0.1, 0.15) is 0 Å². The van der Waals surface area contributed by atoms with E-state index in [1.54, 1.807) is 0 Å². The van der Waals surface area contributed by atoms with Crippen LogP contribution in [-0.2, 0) is 0 Å². The van der Waals surface area contributed by atoms with E-state index in [4.69, 9.17) is 0 Å². The van der Waals surface area contributed by atoms with Gasteiger partial charge in [0.05, 0.1) is 22.4 Å². The number of anilines is 3. The Kier molecular flexibility index (Phi) is 8.53. The molecule has 0 amide bonds. The van der Waals surface area contributed by atoms with Crippen molar-refractivity contribution in [2.24, 2.45) is 0 Å². The Labute approximate surface area is 360 Å². The van der Waals surface area contributed by atoms with Crippen molar-refractivity contribution >= 4 is 71.2 Å². The third-order valence-corrected chi connectivity index (χ3v) is 12.6. The molecule has 0 aliphatic heterocycles. The predicted octanol–water partition coefficient (Wildman–Crippen LogP) is 16.7. The number of fused-ring (bicyclic) bond motifs is 9. The molecular formula is C60H40N2. The van der Waals surface area contributed by atoms with Gasteiger partial charge in [-0.25, -0.2) is 0 Å². The summed E-state index contributed by atoms with van der Waals surface area (Å²) < 4.78 is 2.46. The first kappa shape index (κ1) is 35.7. The number of nitrogens with zero attached hydrogens (tertiary/aromatic N) is 2. The zero-order chi connectivity index (χ0) is 41.0. The third-order valence-electron chi connectivity index (χ3n) is 12.6. The second-order valence-corrected chi connectivity index (χ2v) is 16.1. The number of rotatable bonds is 7. The molecule has 62 heavy (non-hydrogen) atoms. The number of para-hydroxylation sites is 2. The van der Waals surface area contributed by atoms with Gasteiger partial charge in [0.15, 0.2) is 0 Å². The molecule has 0 fully saturated rings. The van der Waals surface area contributed by atoms with Gasteiger partial charge in [0.25, 0.3) is 0 Å². The van der Waals surface area contributed by atoms with Crippen molar-refractivity contribution in [1.82, 2.24) is 4.57 Å². The third kappa shape index (κ3) is 5.88. The van der Waals surface area contributed by atoms with E-state index >= 15 is 0 Å². The molecule has 2 heteroatoms. The molecule has 0 unspecified atom stereocenters. The number of hydrogen-bond donors (Lipinski definition) is 0. The van der Waals surface area contributed by atoms with E-state index in [0.717, 1.165) is 33.9 Å². The highest BCUT2D eigenvalue weighted by Crippen LogP contribution is 2.47. The highest BCUT2D eigenvalue weighted by molar-refractivity contribution is 6.26. The fourth-order valence-electron chi connectivity index (χ4n) is 9.74. The first-order valence-electron chi connectivity index (χ1n) is 21.3. The molecule has 2 nitrogen and oxygen atoms in total. The molecule has 1 aromatic heterocycles. The highest BCUT2D eigenvalue weighted by atomic mass is 15.1. The predicted molar refractivity (Wildman–Crippen MR) is 264 cm³/mol. The number of hydrogen-bond acceptors (Lipinski definition) is 1. The van der Waals surface area contributed by atoms with Crippen LogP contribution in [0.4, 0.5) is 17.1 Å². The summed E-state index contributed by atoms with van der Waals surface area (Å²) in [6.45, 7) is 0. The molecule has 0 saturated heterocycles. The van der Waals surface area contributed by atoms with E-state index < -0.39 is 0 Å². The maximum atomic E-state index is 2.48. The second-order valence-electron chi connectivity index (χ2n) is 16.1.